The molecule has 1 atom stereocenters. The Balaban J connectivity index is 1.81. The van der Waals surface area contributed by atoms with Crippen LogP contribution in [-0.4, -0.2) is 10.9 Å². The Kier molecular flexibility index (Phi) is 4.88. The number of ketones is 1. The van der Waals surface area contributed by atoms with E-state index >= 15 is 0 Å². The topological polar surface area (TPSA) is 37.3 Å². The van der Waals surface area contributed by atoms with Gasteiger partial charge in [-0.2, -0.15) is 0 Å². The van der Waals surface area contributed by atoms with Crippen molar-refractivity contribution < 1.29 is 9.90 Å². The first-order valence-corrected chi connectivity index (χ1v) is 9.23. The predicted molar refractivity (Wildman–Crippen MR) is 113 cm³/mol. The van der Waals surface area contributed by atoms with E-state index in [0.717, 1.165) is 11.1 Å². The number of carbonyl (C=O) groups excluding carboxylic acids is 1. The number of carbonyl (C=O) groups is 1. The Hall–Kier alpha value is -3.49. The lowest BCUT2D eigenvalue weighted by molar-refractivity contribution is -0.112. The summed E-state index contributed by atoms with van der Waals surface area (Å²) in [5, 5.41) is 11.8. The van der Waals surface area contributed by atoms with Gasteiger partial charge >= 0.3 is 0 Å². The molecule has 0 saturated heterocycles. The minimum absolute atomic E-state index is 0.178. The summed E-state index contributed by atoms with van der Waals surface area (Å²) in [4.78, 5) is 12.9. The first kappa shape index (κ1) is 17.9. The third-order valence-electron chi connectivity index (χ3n) is 4.95. The Bertz CT molecular complexity index is 1060. The summed E-state index contributed by atoms with van der Waals surface area (Å²) in [5.41, 5.74) is 2.01. The van der Waals surface area contributed by atoms with Crippen molar-refractivity contribution in [3.63, 3.8) is 0 Å². The molecule has 1 unspecified atom stereocenters. The molecule has 0 radical (unpaired) electrons. The molecule has 136 valence electrons. The highest BCUT2D eigenvalue weighted by atomic mass is 16.3. The lowest BCUT2D eigenvalue weighted by Crippen LogP contribution is -2.28. The molecule has 0 aliphatic heterocycles. The van der Waals surface area contributed by atoms with Crippen molar-refractivity contribution in [1.29, 1.82) is 0 Å². The molecule has 0 bridgehead atoms. The lowest BCUT2D eigenvalue weighted by atomic mass is 9.80. The molecule has 1 aliphatic rings. The van der Waals surface area contributed by atoms with Gasteiger partial charge in [0.15, 0.2) is 5.78 Å². The van der Waals surface area contributed by atoms with E-state index in [4.69, 9.17) is 0 Å². The second-order valence-corrected chi connectivity index (χ2v) is 6.71. The molecule has 1 N–H and O–H groups in total. The van der Waals surface area contributed by atoms with Gasteiger partial charge in [-0.1, -0.05) is 109 Å². The Morgan fingerprint density at radius 1 is 0.750 bits per heavy atom. The highest BCUT2D eigenvalue weighted by molar-refractivity contribution is 6.18. The Labute approximate surface area is 164 Å². The van der Waals surface area contributed by atoms with Gasteiger partial charge in [0.2, 0.25) is 0 Å². The van der Waals surface area contributed by atoms with Crippen molar-refractivity contribution in [2.24, 2.45) is 0 Å². The van der Waals surface area contributed by atoms with Crippen LogP contribution in [0.2, 0.25) is 0 Å². The molecule has 2 heteroatoms. The number of hydrogen-bond acceptors (Lipinski definition) is 2. The van der Waals surface area contributed by atoms with Gasteiger partial charge in [-0.3, -0.25) is 4.79 Å². The normalized spacial score (nSPS) is 20.7. The molecule has 0 saturated carbocycles. The first-order valence-electron chi connectivity index (χ1n) is 9.23. The van der Waals surface area contributed by atoms with Crippen LogP contribution in [0.1, 0.15) is 16.7 Å². The maximum absolute atomic E-state index is 12.9. The van der Waals surface area contributed by atoms with E-state index in [1.807, 2.05) is 103 Å². The van der Waals surface area contributed by atoms with Crippen LogP contribution in [0, 0.1) is 0 Å². The van der Waals surface area contributed by atoms with Crippen molar-refractivity contribution in [3.05, 3.63) is 131 Å². The number of benzene rings is 3. The number of aliphatic hydroxyl groups is 1. The molecule has 0 amide bonds. The van der Waals surface area contributed by atoms with E-state index < -0.39 is 5.60 Å². The molecule has 0 fully saturated rings. The van der Waals surface area contributed by atoms with Crippen LogP contribution in [0.4, 0.5) is 0 Å². The van der Waals surface area contributed by atoms with Crippen molar-refractivity contribution in [2.75, 3.05) is 0 Å². The van der Waals surface area contributed by atoms with E-state index in [0.29, 0.717) is 16.7 Å². The predicted octanol–water partition coefficient (Wildman–Crippen LogP) is 5.18. The number of rotatable bonds is 4. The smallest absolute Gasteiger partial charge is 0.185 e. The van der Waals surface area contributed by atoms with Gasteiger partial charge in [-0.15, -0.1) is 0 Å². The monoisotopic (exact) mass is 364 g/mol. The van der Waals surface area contributed by atoms with E-state index in [-0.39, 0.29) is 5.78 Å². The minimum Gasteiger partial charge on any atom is -0.376 e. The molecule has 3 aromatic rings. The lowest BCUT2D eigenvalue weighted by Gasteiger charge is -2.28. The van der Waals surface area contributed by atoms with Gasteiger partial charge in [0.1, 0.15) is 5.60 Å². The van der Waals surface area contributed by atoms with Crippen molar-refractivity contribution in [2.45, 2.75) is 5.60 Å². The first-order chi connectivity index (χ1) is 13.7. The van der Waals surface area contributed by atoms with Gasteiger partial charge in [-0.05, 0) is 22.8 Å². The Morgan fingerprint density at radius 3 is 1.96 bits per heavy atom. The fourth-order valence-corrected chi connectivity index (χ4v) is 3.56. The number of allylic oxidation sites excluding steroid dienone is 3. The summed E-state index contributed by atoms with van der Waals surface area (Å²) >= 11 is 0. The zero-order valence-corrected chi connectivity index (χ0v) is 15.3. The minimum atomic E-state index is -1.49. The zero-order valence-electron chi connectivity index (χ0n) is 15.3. The third kappa shape index (κ3) is 3.26. The molecule has 0 heterocycles. The van der Waals surface area contributed by atoms with Crippen molar-refractivity contribution >= 4 is 17.4 Å². The summed E-state index contributed by atoms with van der Waals surface area (Å²) < 4.78 is 0. The van der Waals surface area contributed by atoms with Crippen molar-refractivity contribution in [3.8, 4) is 0 Å². The standard InChI is InChI=1S/C26H20O2/c27-25-19-24(21-14-6-2-7-15-21)26(28,22-16-8-3-9-17-22)23(25)18-10-13-20-11-4-1-5-12-20/h1-19,28H. The third-order valence-corrected chi connectivity index (χ3v) is 4.95. The van der Waals surface area contributed by atoms with Crippen LogP contribution >= 0.6 is 0 Å². The maximum Gasteiger partial charge on any atom is 0.185 e. The summed E-state index contributed by atoms with van der Waals surface area (Å²) in [6.45, 7) is 0. The fraction of sp³-hybridized carbons (Fsp3) is 0.0385. The van der Waals surface area contributed by atoms with Gasteiger partial charge in [0.05, 0.1) is 0 Å². The molecule has 2 nitrogen and oxygen atoms in total. The quantitative estimate of drug-likeness (QED) is 0.648. The second kappa shape index (κ2) is 7.63. The van der Waals surface area contributed by atoms with Crippen LogP contribution in [0.15, 0.2) is 115 Å². The summed E-state index contributed by atoms with van der Waals surface area (Å²) in [7, 11) is 0. The van der Waals surface area contributed by atoms with E-state index in [1.165, 1.54) is 0 Å². The van der Waals surface area contributed by atoms with Gasteiger partial charge in [0, 0.05) is 11.1 Å². The van der Waals surface area contributed by atoms with E-state index in [1.54, 1.807) is 12.2 Å². The second-order valence-electron chi connectivity index (χ2n) is 6.71. The molecule has 0 spiro atoms. The molecule has 28 heavy (non-hydrogen) atoms. The van der Waals surface area contributed by atoms with Crippen LogP contribution < -0.4 is 0 Å². The maximum atomic E-state index is 12.9. The van der Waals surface area contributed by atoms with Gasteiger partial charge < -0.3 is 5.11 Å². The SMILES string of the molecule is O=C1C=C(c2ccccc2)C(O)(c2ccccc2)C1=CC=Cc1ccccc1. The van der Waals surface area contributed by atoms with E-state index in [9.17, 15) is 9.90 Å². The zero-order chi connectivity index (χ0) is 19.4. The van der Waals surface area contributed by atoms with Crippen LogP contribution in [0.5, 0.6) is 0 Å². The molecule has 1 aliphatic carbocycles. The fourth-order valence-electron chi connectivity index (χ4n) is 3.56. The van der Waals surface area contributed by atoms with Crippen molar-refractivity contribution in [1.82, 2.24) is 0 Å². The van der Waals surface area contributed by atoms with Crippen LogP contribution in [0.25, 0.3) is 11.6 Å². The summed E-state index contributed by atoms with van der Waals surface area (Å²) in [6, 6.07) is 28.8. The molecular formula is C26H20O2. The van der Waals surface area contributed by atoms with Gasteiger partial charge in [0.25, 0.3) is 0 Å². The van der Waals surface area contributed by atoms with Crippen LogP contribution in [0.3, 0.4) is 0 Å². The highest BCUT2D eigenvalue weighted by Crippen LogP contribution is 2.47. The summed E-state index contributed by atoms with van der Waals surface area (Å²) in [5.74, 6) is -0.178. The Morgan fingerprint density at radius 2 is 1.32 bits per heavy atom. The average molecular weight is 364 g/mol. The molecule has 4 rings (SSSR count). The largest absolute Gasteiger partial charge is 0.376 e. The van der Waals surface area contributed by atoms with Gasteiger partial charge in [-0.25, -0.2) is 0 Å². The highest BCUT2D eigenvalue weighted by Gasteiger charge is 2.45. The molecule has 3 aromatic carbocycles. The molecule has 0 aromatic heterocycles. The van der Waals surface area contributed by atoms with E-state index in [2.05, 4.69) is 0 Å². The molecular weight excluding hydrogens is 344 g/mol. The summed E-state index contributed by atoms with van der Waals surface area (Å²) in [6.07, 6.45) is 7.00. The number of hydrogen-bond donors (Lipinski definition) is 1. The van der Waals surface area contributed by atoms with Crippen LogP contribution in [-0.2, 0) is 10.4 Å². The average Bonchev–Trinajstić information content (AvgIpc) is 3.02.